The number of primary amides is 1. The maximum absolute atomic E-state index is 13.5. The fourth-order valence-electron chi connectivity index (χ4n) is 4.10. The Hall–Kier alpha value is -4.41. The minimum absolute atomic E-state index is 0.174. The largest absolute Gasteiger partial charge is 0.486 e. The topological polar surface area (TPSA) is 136 Å². The number of hydrogen-bond donors (Lipinski definition) is 2. The SMILES string of the molecule is CCNc1ncc2c(n1)N(C)CCN(c1cccc(OC(CCCOC(N)=O)c3cccnc3)c1)C2=O. The molecule has 11 heteroatoms. The molecule has 0 aliphatic carbocycles. The fraction of sp³-hybridized carbons (Fsp3) is 0.346. The Morgan fingerprint density at radius 3 is 2.84 bits per heavy atom. The van der Waals surface area contributed by atoms with Crippen LogP contribution in [0.25, 0.3) is 0 Å². The molecule has 0 bridgehead atoms. The monoisotopic (exact) mass is 505 g/mol. The van der Waals surface area contributed by atoms with E-state index in [2.05, 4.69) is 20.3 Å². The van der Waals surface area contributed by atoms with Crippen LogP contribution in [-0.4, -0.2) is 60.2 Å². The van der Waals surface area contributed by atoms with Crippen LogP contribution >= 0.6 is 0 Å². The maximum atomic E-state index is 13.5. The van der Waals surface area contributed by atoms with Crippen LogP contribution in [0.2, 0.25) is 0 Å². The van der Waals surface area contributed by atoms with Gasteiger partial charge in [-0.25, -0.2) is 9.78 Å². The Bertz CT molecular complexity index is 1220. The number of nitrogens with zero attached hydrogens (tertiary/aromatic N) is 5. The van der Waals surface area contributed by atoms with Gasteiger partial charge in [0.25, 0.3) is 5.91 Å². The van der Waals surface area contributed by atoms with Gasteiger partial charge in [0, 0.05) is 62.6 Å². The van der Waals surface area contributed by atoms with E-state index < -0.39 is 6.09 Å². The Morgan fingerprint density at radius 1 is 1.22 bits per heavy atom. The number of carbonyl (C=O) groups is 2. The number of hydrogen-bond acceptors (Lipinski definition) is 9. The van der Waals surface area contributed by atoms with Gasteiger partial charge in [-0.05, 0) is 38.0 Å². The molecule has 37 heavy (non-hydrogen) atoms. The van der Waals surface area contributed by atoms with Crippen LogP contribution < -0.4 is 25.6 Å². The first-order valence-corrected chi connectivity index (χ1v) is 12.2. The minimum atomic E-state index is -0.802. The zero-order chi connectivity index (χ0) is 26.2. The first-order chi connectivity index (χ1) is 18.0. The zero-order valence-corrected chi connectivity index (χ0v) is 21.0. The molecule has 3 N–H and O–H groups in total. The number of nitrogens with two attached hydrogens (primary N) is 1. The molecule has 0 saturated carbocycles. The normalized spacial score (nSPS) is 13.9. The molecule has 2 aromatic heterocycles. The van der Waals surface area contributed by atoms with Gasteiger partial charge in [-0.1, -0.05) is 12.1 Å². The van der Waals surface area contributed by atoms with E-state index in [0.29, 0.717) is 61.2 Å². The van der Waals surface area contributed by atoms with E-state index in [1.807, 2.05) is 55.3 Å². The number of aromatic nitrogens is 3. The van der Waals surface area contributed by atoms with Gasteiger partial charge in [0.2, 0.25) is 5.95 Å². The van der Waals surface area contributed by atoms with Crippen molar-refractivity contribution in [1.29, 1.82) is 0 Å². The number of amides is 2. The highest BCUT2D eigenvalue weighted by atomic mass is 16.5. The highest BCUT2D eigenvalue weighted by molar-refractivity contribution is 6.09. The van der Waals surface area contributed by atoms with E-state index in [-0.39, 0.29) is 18.6 Å². The molecule has 1 aromatic carbocycles. The smallest absolute Gasteiger partial charge is 0.404 e. The molecule has 3 heterocycles. The summed E-state index contributed by atoms with van der Waals surface area (Å²) in [5, 5.41) is 3.09. The van der Waals surface area contributed by atoms with E-state index in [4.69, 9.17) is 15.2 Å². The van der Waals surface area contributed by atoms with Gasteiger partial charge in [-0.3, -0.25) is 9.78 Å². The summed E-state index contributed by atoms with van der Waals surface area (Å²) in [6.07, 6.45) is 5.03. The van der Waals surface area contributed by atoms with Crippen molar-refractivity contribution in [3.05, 3.63) is 66.1 Å². The van der Waals surface area contributed by atoms with Crippen molar-refractivity contribution in [2.45, 2.75) is 25.9 Å². The molecule has 3 aromatic rings. The van der Waals surface area contributed by atoms with Crippen molar-refractivity contribution in [1.82, 2.24) is 15.0 Å². The number of ether oxygens (including phenoxy) is 2. The molecule has 0 radical (unpaired) electrons. The van der Waals surface area contributed by atoms with Gasteiger partial charge in [0.05, 0.1) is 6.61 Å². The summed E-state index contributed by atoms with van der Waals surface area (Å²) in [4.78, 5) is 41.2. The Kier molecular flexibility index (Phi) is 8.34. The number of benzene rings is 1. The summed E-state index contributed by atoms with van der Waals surface area (Å²) in [6, 6.07) is 11.2. The molecule has 2 amide bonds. The molecular formula is C26H31N7O4. The second-order valence-corrected chi connectivity index (χ2v) is 8.54. The molecule has 11 nitrogen and oxygen atoms in total. The number of anilines is 3. The van der Waals surface area contributed by atoms with Crippen LogP contribution in [0, 0.1) is 0 Å². The Balaban J connectivity index is 1.55. The van der Waals surface area contributed by atoms with Gasteiger partial charge in [-0.2, -0.15) is 4.98 Å². The van der Waals surface area contributed by atoms with Crippen LogP contribution in [0.15, 0.2) is 55.0 Å². The molecular weight excluding hydrogens is 474 g/mol. The van der Waals surface area contributed by atoms with E-state index in [0.717, 1.165) is 5.56 Å². The van der Waals surface area contributed by atoms with Crippen molar-refractivity contribution in [3.8, 4) is 5.75 Å². The lowest BCUT2D eigenvalue weighted by Gasteiger charge is -2.23. The average molecular weight is 506 g/mol. The third-order valence-corrected chi connectivity index (χ3v) is 5.92. The second-order valence-electron chi connectivity index (χ2n) is 8.54. The van der Waals surface area contributed by atoms with Crippen LogP contribution in [0.4, 0.5) is 22.2 Å². The van der Waals surface area contributed by atoms with Gasteiger partial charge < -0.3 is 30.3 Å². The number of pyridine rings is 1. The molecule has 0 saturated heterocycles. The lowest BCUT2D eigenvalue weighted by molar-refractivity contribution is 0.0989. The predicted molar refractivity (Wildman–Crippen MR) is 140 cm³/mol. The molecule has 0 fully saturated rings. The molecule has 1 unspecified atom stereocenters. The van der Waals surface area contributed by atoms with Crippen molar-refractivity contribution >= 4 is 29.5 Å². The van der Waals surface area contributed by atoms with E-state index >= 15 is 0 Å². The molecule has 0 spiro atoms. The standard InChI is InChI=1S/C26H31N7O4/c1-3-29-26-30-17-21-23(31-26)32(2)12-13-33(24(21)34)19-8-4-9-20(15-19)37-22(10-6-14-36-25(27)35)18-7-5-11-28-16-18/h4-5,7-9,11,15-17,22H,3,6,10,12-14H2,1-2H3,(H2,27,35)(H,29,30,31). The number of likely N-dealkylation sites (N-methyl/N-ethyl adjacent to an activating group) is 1. The van der Waals surface area contributed by atoms with Crippen molar-refractivity contribution < 1.29 is 19.1 Å². The van der Waals surface area contributed by atoms with Crippen molar-refractivity contribution in [3.63, 3.8) is 0 Å². The van der Waals surface area contributed by atoms with E-state index in [9.17, 15) is 9.59 Å². The number of nitrogens with one attached hydrogen (secondary N) is 1. The van der Waals surface area contributed by atoms with Crippen molar-refractivity contribution in [2.24, 2.45) is 5.73 Å². The third kappa shape index (κ3) is 6.43. The summed E-state index contributed by atoms with van der Waals surface area (Å²) in [6.45, 7) is 3.93. The van der Waals surface area contributed by atoms with E-state index in [1.165, 1.54) is 0 Å². The highest BCUT2D eigenvalue weighted by Gasteiger charge is 2.28. The lowest BCUT2D eigenvalue weighted by atomic mass is 10.1. The second kappa shape index (κ2) is 12.0. The fourth-order valence-corrected chi connectivity index (χ4v) is 4.10. The van der Waals surface area contributed by atoms with E-state index in [1.54, 1.807) is 23.5 Å². The van der Waals surface area contributed by atoms with Crippen molar-refractivity contribution in [2.75, 3.05) is 48.4 Å². The summed E-state index contributed by atoms with van der Waals surface area (Å²) in [5.41, 5.74) is 7.11. The highest BCUT2D eigenvalue weighted by Crippen LogP contribution is 2.31. The molecule has 194 valence electrons. The molecule has 1 atom stereocenters. The summed E-state index contributed by atoms with van der Waals surface area (Å²) < 4.78 is 11.2. The first kappa shape index (κ1) is 25.7. The first-order valence-electron chi connectivity index (χ1n) is 12.2. The van der Waals surface area contributed by atoms with Crippen LogP contribution in [0.5, 0.6) is 5.75 Å². The molecule has 1 aliphatic heterocycles. The molecule has 1 aliphatic rings. The lowest BCUT2D eigenvalue weighted by Crippen LogP contribution is -2.33. The van der Waals surface area contributed by atoms with Crippen LogP contribution in [0.1, 0.15) is 41.8 Å². The number of fused-ring (bicyclic) bond motifs is 1. The number of rotatable bonds is 10. The van der Waals surface area contributed by atoms with Gasteiger partial charge in [-0.15, -0.1) is 0 Å². The third-order valence-electron chi connectivity index (χ3n) is 5.92. The van der Waals surface area contributed by atoms with Gasteiger partial charge in [0.15, 0.2) is 0 Å². The van der Waals surface area contributed by atoms with Gasteiger partial charge >= 0.3 is 6.09 Å². The summed E-state index contributed by atoms with van der Waals surface area (Å²) in [5.74, 6) is 1.52. The summed E-state index contributed by atoms with van der Waals surface area (Å²) in [7, 11) is 1.91. The quantitative estimate of drug-likeness (QED) is 0.397. The Labute approximate surface area is 215 Å². The average Bonchev–Trinajstić information content (AvgIpc) is 3.02. The zero-order valence-electron chi connectivity index (χ0n) is 21.0. The number of carbonyl (C=O) groups excluding carboxylic acids is 2. The summed E-state index contributed by atoms with van der Waals surface area (Å²) >= 11 is 0. The maximum Gasteiger partial charge on any atom is 0.404 e. The van der Waals surface area contributed by atoms with Gasteiger partial charge in [0.1, 0.15) is 23.2 Å². The predicted octanol–water partition coefficient (Wildman–Crippen LogP) is 3.40. The van der Waals surface area contributed by atoms with Crippen LogP contribution in [-0.2, 0) is 4.74 Å². The molecule has 4 rings (SSSR count). The van der Waals surface area contributed by atoms with Crippen LogP contribution in [0.3, 0.4) is 0 Å². The Morgan fingerprint density at radius 2 is 2.08 bits per heavy atom. The minimum Gasteiger partial charge on any atom is -0.486 e.